The largest absolute Gasteiger partial charge is 0.457 e. The van der Waals surface area contributed by atoms with E-state index in [0.29, 0.717) is 0 Å². The average Bonchev–Trinajstić information content (AvgIpc) is 2.75. The summed E-state index contributed by atoms with van der Waals surface area (Å²) in [5.74, 6) is 2.58. The topological polar surface area (TPSA) is 16.4 Å². The summed E-state index contributed by atoms with van der Waals surface area (Å²) in [4.78, 5) is 2.41. The van der Waals surface area contributed by atoms with Crippen molar-refractivity contribution in [3.05, 3.63) is 22.6 Å². The fourth-order valence-electron chi connectivity index (χ4n) is 1.72. The van der Waals surface area contributed by atoms with Gasteiger partial charge in [-0.05, 0) is 41.2 Å². The standard InChI is InChI=1S/C10H14BrNOS/c1-12(9-2-3-14-7-9)5-8-4-10(11)13-6-8/h4,6,9H,2-3,5,7H2,1H3. The van der Waals surface area contributed by atoms with Crippen LogP contribution in [-0.2, 0) is 6.54 Å². The molecule has 0 aromatic carbocycles. The molecular weight excluding hydrogens is 262 g/mol. The summed E-state index contributed by atoms with van der Waals surface area (Å²) < 4.78 is 6.03. The van der Waals surface area contributed by atoms with Gasteiger partial charge in [0.25, 0.3) is 0 Å². The minimum Gasteiger partial charge on any atom is -0.457 e. The Hall–Kier alpha value is 0.0700. The Kier molecular flexibility index (Phi) is 3.57. The highest BCUT2D eigenvalue weighted by Gasteiger charge is 2.20. The van der Waals surface area contributed by atoms with E-state index < -0.39 is 0 Å². The van der Waals surface area contributed by atoms with Crippen LogP contribution in [0.1, 0.15) is 12.0 Å². The SMILES string of the molecule is CN(Cc1coc(Br)c1)C1CCSC1. The zero-order valence-corrected chi connectivity index (χ0v) is 10.6. The molecule has 1 aromatic rings. The summed E-state index contributed by atoms with van der Waals surface area (Å²) in [6, 6.07) is 2.78. The number of hydrogen-bond donors (Lipinski definition) is 0. The maximum Gasteiger partial charge on any atom is 0.169 e. The lowest BCUT2D eigenvalue weighted by atomic mass is 10.2. The molecule has 1 unspecified atom stereocenters. The summed E-state index contributed by atoms with van der Waals surface area (Å²) in [6.07, 6.45) is 3.14. The molecule has 1 aliphatic rings. The van der Waals surface area contributed by atoms with Gasteiger partial charge in [-0.2, -0.15) is 11.8 Å². The second kappa shape index (κ2) is 4.73. The number of nitrogens with zero attached hydrogens (tertiary/aromatic N) is 1. The van der Waals surface area contributed by atoms with Gasteiger partial charge < -0.3 is 4.42 Å². The van der Waals surface area contributed by atoms with Gasteiger partial charge >= 0.3 is 0 Å². The number of hydrogen-bond acceptors (Lipinski definition) is 3. The van der Waals surface area contributed by atoms with Crippen LogP contribution in [0, 0.1) is 0 Å². The van der Waals surface area contributed by atoms with Crippen molar-refractivity contribution in [2.75, 3.05) is 18.6 Å². The summed E-state index contributed by atoms with van der Waals surface area (Å²) >= 11 is 5.37. The molecule has 1 aromatic heterocycles. The van der Waals surface area contributed by atoms with Crippen LogP contribution in [0.2, 0.25) is 0 Å². The van der Waals surface area contributed by atoms with Crippen molar-refractivity contribution in [2.24, 2.45) is 0 Å². The van der Waals surface area contributed by atoms with E-state index in [1.165, 1.54) is 23.5 Å². The summed E-state index contributed by atoms with van der Waals surface area (Å²) in [5.41, 5.74) is 1.25. The molecule has 0 saturated carbocycles. The van der Waals surface area contributed by atoms with Crippen molar-refractivity contribution >= 4 is 27.7 Å². The second-order valence-electron chi connectivity index (χ2n) is 3.69. The van der Waals surface area contributed by atoms with Crippen molar-refractivity contribution in [1.82, 2.24) is 4.90 Å². The van der Waals surface area contributed by atoms with E-state index in [9.17, 15) is 0 Å². The van der Waals surface area contributed by atoms with Crippen LogP contribution in [0.3, 0.4) is 0 Å². The van der Waals surface area contributed by atoms with Gasteiger partial charge in [0, 0.05) is 23.9 Å². The van der Waals surface area contributed by atoms with Crippen LogP contribution >= 0.6 is 27.7 Å². The Bertz CT molecular complexity index is 296. The van der Waals surface area contributed by atoms with Crippen LogP contribution in [0.4, 0.5) is 0 Å². The second-order valence-corrected chi connectivity index (χ2v) is 5.62. The quantitative estimate of drug-likeness (QED) is 0.844. The first-order valence-electron chi connectivity index (χ1n) is 4.76. The lowest BCUT2D eigenvalue weighted by Crippen LogP contribution is -2.30. The molecule has 0 bridgehead atoms. The maximum atomic E-state index is 5.21. The third-order valence-corrected chi connectivity index (χ3v) is 4.14. The van der Waals surface area contributed by atoms with Crippen LogP contribution in [0.25, 0.3) is 0 Å². The van der Waals surface area contributed by atoms with Gasteiger partial charge in [0.1, 0.15) is 0 Å². The van der Waals surface area contributed by atoms with Gasteiger partial charge in [-0.15, -0.1) is 0 Å². The van der Waals surface area contributed by atoms with E-state index in [1.54, 1.807) is 0 Å². The van der Waals surface area contributed by atoms with Gasteiger partial charge in [0.15, 0.2) is 4.67 Å². The molecule has 0 aliphatic carbocycles. The van der Waals surface area contributed by atoms with Gasteiger partial charge in [-0.1, -0.05) is 0 Å². The molecule has 1 atom stereocenters. The zero-order chi connectivity index (χ0) is 9.97. The van der Waals surface area contributed by atoms with Crippen molar-refractivity contribution in [2.45, 2.75) is 19.0 Å². The number of halogens is 1. The molecule has 2 rings (SSSR count). The molecule has 1 aliphatic heterocycles. The molecular formula is C10H14BrNOS. The fourth-order valence-corrected chi connectivity index (χ4v) is 3.40. The fraction of sp³-hybridized carbons (Fsp3) is 0.600. The van der Waals surface area contributed by atoms with Crippen LogP contribution in [-0.4, -0.2) is 29.5 Å². The Morgan fingerprint density at radius 2 is 2.57 bits per heavy atom. The molecule has 1 saturated heterocycles. The van der Waals surface area contributed by atoms with E-state index in [-0.39, 0.29) is 0 Å². The van der Waals surface area contributed by atoms with E-state index >= 15 is 0 Å². The van der Waals surface area contributed by atoms with Crippen LogP contribution < -0.4 is 0 Å². The third kappa shape index (κ3) is 2.55. The van der Waals surface area contributed by atoms with Crippen LogP contribution in [0.15, 0.2) is 21.4 Å². The van der Waals surface area contributed by atoms with Crippen molar-refractivity contribution in [3.8, 4) is 0 Å². The number of thioether (sulfide) groups is 1. The molecule has 0 N–H and O–H groups in total. The van der Waals surface area contributed by atoms with Gasteiger partial charge in [0.05, 0.1) is 6.26 Å². The molecule has 78 valence electrons. The van der Waals surface area contributed by atoms with E-state index in [2.05, 4.69) is 39.6 Å². The Labute approximate surface area is 97.2 Å². The summed E-state index contributed by atoms with van der Waals surface area (Å²) in [7, 11) is 2.19. The first-order chi connectivity index (χ1) is 6.75. The summed E-state index contributed by atoms with van der Waals surface area (Å²) in [6.45, 7) is 0.986. The molecule has 0 radical (unpaired) electrons. The van der Waals surface area contributed by atoms with Gasteiger partial charge in [0.2, 0.25) is 0 Å². The lowest BCUT2D eigenvalue weighted by molar-refractivity contribution is 0.253. The highest BCUT2D eigenvalue weighted by molar-refractivity contribution is 9.10. The molecule has 2 nitrogen and oxygen atoms in total. The minimum atomic E-state index is 0.744. The van der Waals surface area contributed by atoms with E-state index in [0.717, 1.165) is 17.3 Å². The Morgan fingerprint density at radius 3 is 3.14 bits per heavy atom. The first-order valence-corrected chi connectivity index (χ1v) is 6.71. The monoisotopic (exact) mass is 275 g/mol. The van der Waals surface area contributed by atoms with Crippen molar-refractivity contribution in [3.63, 3.8) is 0 Å². The van der Waals surface area contributed by atoms with Crippen molar-refractivity contribution < 1.29 is 4.42 Å². The van der Waals surface area contributed by atoms with E-state index in [4.69, 9.17) is 4.42 Å². The first kappa shape index (κ1) is 10.6. The minimum absolute atomic E-state index is 0.744. The Morgan fingerprint density at radius 1 is 1.71 bits per heavy atom. The lowest BCUT2D eigenvalue weighted by Gasteiger charge is -2.22. The molecule has 1 fully saturated rings. The normalized spacial score (nSPS) is 22.1. The summed E-state index contributed by atoms with van der Waals surface area (Å²) in [5, 5.41) is 0. The number of furan rings is 1. The highest BCUT2D eigenvalue weighted by atomic mass is 79.9. The predicted molar refractivity (Wildman–Crippen MR) is 63.6 cm³/mol. The maximum absolute atomic E-state index is 5.21. The van der Waals surface area contributed by atoms with E-state index in [1.807, 2.05) is 12.3 Å². The molecule has 0 spiro atoms. The smallest absolute Gasteiger partial charge is 0.169 e. The third-order valence-electron chi connectivity index (χ3n) is 2.58. The number of rotatable bonds is 3. The highest BCUT2D eigenvalue weighted by Crippen LogP contribution is 2.23. The predicted octanol–water partition coefficient (Wildman–Crippen LogP) is 2.98. The molecule has 14 heavy (non-hydrogen) atoms. The van der Waals surface area contributed by atoms with Gasteiger partial charge in [-0.25, -0.2) is 0 Å². The molecule has 0 amide bonds. The zero-order valence-electron chi connectivity index (χ0n) is 8.20. The Balaban J connectivity index is 1.90. The molecule has 2 heterocycles. The average molecular weight is 276 g/mol. The van der Waals surface area contributed by atoms with Crippen LogP contribution in [0.5, 0.6) is 0 Å². The van der Waals surface area contributed by atoms with Crippen molar-refractivity contribution in [1.29, 1.82) is 0 Å². The van der Waals surface area contributed by atoms with Gasteiger partial charge in [-0.3, -0.25) is 4.90 Å². The molecule has 4 heteroatoms.